The highest BCUT2D eigenvalue weighted by Crippen LogP contribution is 2.28. The van der Waals surface area contributed by atoms with E-state index < -0.39 is 0 Å². The first-order chi connectivity index (χ1) is 11.9. The molecule has 1 aromatic carbocycles. The fraction of sp³-hybridized carbons (Fsp3) is 0.294. The molecule has 0 spiro atoms. The molecular formula is C17H19N5O2S. The Morgan fingerprint density at radius 2 is 1.92 bits per heavy atom. The first-order valence-corrected chi connectivity index (χ1v) is 8.54. The molecule has 0 saturated heterocycles. The van der Waals surface area contributed by atoms with E-state index in [1.807, 2.05) is 51.1 Å². The summed E-state index contributed by atoms with van der Waals surface area (Å²) >= 11 is 1.35. The highest BCUT2D eigenvalue weighted by Gasteiger charge is 2.23. The molecule has 1 amide bonds. The fourth-order valence-corrected chi connectivity index (χ4v) is 2.91. The number of benzene rings is 1. The topological polar surface area (TPSA) is 81.9 Å². The number of anilines is 1. The van der Waals surface area contributed by atoms with Crippen molar-refractivity contribution in [3.8, 4) is 11.4 Å². The van der Waals surface area contributed by atoms with Crippen molar-refractivity contribution in [3.05, 3.63) is 47.2 Å². The van der Waals surface area contributed by atoms with Gasteiger partial charge in [0.1, 0.15) is 5.01 Å². The van der Waals surface area contributed by atoms with E-state index in [9.17, 15) is 4.79 Å². The van der Waals surface area contributed by atoms with Crippen molar-refractivity contribution in [1.29, 1.82) is 0 Å². The Bertz CT molecular complexity index is 880. The SMILES string of the molecule is COc1cn(-c2ccccc2)nc1C(=O)Nc1nnc(C(C)(C)C)s1. The number of ether oxygens (including phenoxy) is 1. The number of carbonyl (C=O) groups excluding carboxylic acids is 1. The smallest absolute Gasteiger partial charge is 0.281 e. The zero-order valence-electron chi connectivity index (χ0n) is 14.5. The van der Waals surface area contributed by atoms with E-state index in [0.717, 1.165) is 10.7 Å². The molecule has 2 aromatic heterocycles. The van der Waals surface area contributed by atoms with Crippen LogP contribution in [0.5, 0.6) is 5.75 Å². The highest BCUT2D eigenvalue weighted by molar-refractivity contribution is 7.15. The summed E-state index contributed by atoms with van der Waals surface area (Å²) < 4.78 is 6.89. The minimum absolute atomic E-state index is 0.118. The number of amides is 1. The second-order valence-electron chi connectivity index (χ2n) is 6.44. The molecule has 1 N–H and O–H groups in total. The molecule has 25 heavy (non-hydrogen) atoms. The maximum absolute atomic E-state index is 12.6. The van der Waals surface area contributed by atoms with Crippen LogP contribution in [-0.4, -0.2) is 33.0 Å². The molecule has 130 valence electrons. The molecule has 0 radical (unpaired) electrons. The van der Waals surface area contributed by atoms with Gasteiger partial charge in [-0.2, -0.15) is 5.10 Å². The van der Waals surface area contributed by atoms with Crippen LogP contribution in [0.25, 0.3) is 5.69 Å². The van der Waals surface area contributed by atoms with Gasteiger partial charge in [0, 0.05) is 5.41 Å². The van der Waals surface area contributed by atoms with Crippen LogP contribution in [0.2, 0.25) is 0 Å². The van der Waals surface area contributed by atoms with E-state index in [2.05, 4.69) is 20.6 Å². The van der Waals surface area contributed by atoms with Gasteiger partial charge in [-0.05, 0) is 12.1 Å². The van der Waals surface area contributed by atoms with Gasteiger partial charge in [0.2, 0.25) is 5.13 Å². The summed E-state index contributed by atoms with van der Waals surface area (Å²) in [6.45, 7) is 6.14. The third-order valence-electron chi connectivity index (χ3n) is 3.42. The summed E-state index contributed by atoms with van der Waals surface area (Å²) in [5, 5.41) is 16.5. The second-order valence-corrected chi connectivity index (χ2v) is 7.42. The largest absolute Gasteiger partial charge is 0.493 e. The summed E-state index contributed by atoms with van der Waals surface area (Å²) in [5.74, 6) is 0.00468. The molecule has 0 fully saturated rings. The van der Waals surface area contributed by atoms with E-state index in [1.165, 1.54) is 18.4 Å². The number of aromatic nitrogens is 4. The Kier molecular flexibility index (Phi) is 4.54. The molecule has 0 aliphatic carbocycles. The maximum atomic E-state index is 12.6. The van der Waals surface area contributed by atoms with Crippen molar-refractivity contribution in [2.45, 2.75) is 26.2 Å². The van der Waals surface area contributed by atoms with Gasteiger partial charge in [-0.25, -0.2) is 4.68 Å². The molecule has 0 aliphatic rings. The molecule has 0 aliphatic heterocycles. The van der Waals surface area contributed by atoms with Gasteiger partial charge in [0.15, 0.2) is 11.4 Å². The number of methoxy groups -OCH3 is 1. The zero-order chi connectivity index (χ0) is 18.0. The number of nitrogens with zero attached hydrogens (tertiary/aromatic N) is 4. The fourth-order valence-electron chi connectivity index (χ4n) is 2.11. The van der Waals surface area contributed by atoms with Crippen LogP contribution in [0.15, 0.2) is 36.5 Å². The first-order valence-electron chi connectivity index (χ1n) is 7.73. The molecule has 8 heteroatoms. The lowest BCUT2D eigenvalue weighted by atomic mass is 9.98. The van der Waals surface area contributed by atoms with Crippen molar-refractivity contribution >= 4 is 22.4 Å². The summed E-state index contributed by atoms with van der Waals surface area (Å²) in [7, 11) is 1.51. The lowest BCUT2D eigenvalue weighted by Gasteiger charge is -2.12. The van der Waals surface area contributed by atoms with E-state index >= 15 is 0 Å². The van der Waals surface area contributed by atoms with Gasteiger partial charge in [-0.3, -0.25) is 10.1 Å². The number of hydrogen-bond acceptors (Lipinski definition) is 6. The zero-order valence-corrected chi connectivity index (χ0v) is 15.3. The van der Waals surface area contributed by atoms with Gasteiger partial charge in [0.25, 0.3) is 5.91 Å². The Morgan fingerprint density at radius 1 is 1.20 bits per heavy atom. The predicted molar refractivity (Wildman–Crippen MR) is 96.7 cm³/mol. The van der Waals surface area contributed by atoms with Crippen LogP contribution in [0.3, 0.4) is 0 Å². The van der Waals surface area contributed by atoms with Crippen LogP contribution in [0.1, 0.15) is 36.3 Å². The Balaban J connectivity index is 1.85. The molecule has 0 atom stereocenters. The molecule has 7 nitrogen and oxygen atoms in total. The normalized spacial score (nSPS) is 11.4. The standard InChI is InChI=1S/C17H19N5O2S/c1-17(2,3)15-19-20-16(25-15)18-14(23)13-12(24-4)10-22(21-13)11-8-6-5-7-9-11/h5-10H,1-4H3,(H,18,20,23). The van der Waals surface area contributed by atoms with E-state index in [-0.39, 0.29) is 17.0 Å². The van der Waals surface area contributed by atoms with Crippen LogP contribution >= 0.6 is 11.3 Å². The van der Waals surface area contributed by atoms with Gasteiger partial charge >= 0.3 is 0 Å². The average molecular weight is 357 g/mol. The van der Waals surface area contributed by atoms with Gasteiger partial charge in [-0.1, -0.05) is 50.3 Å². The second kappa shape index (κ2) is 6.64. The van der Waals surface area contributed by atoms with Crippen molar-refractivity contribution in [2.24, 2.45) is 0 Å². The van der Waals surface area contributed by atoms with E-state index in [4.69, 9.17) is 4.74 Å². The van der Waals surface area contributed by atoms with E-state index in [1.54, 1.807) is 10.9 Å². The van der Waals surface area contributed by atoms with E-state index in [0.29, 0.717) is 10.9 Å². The number of hydrogen-bond donors (Lipinski definition) is 1. The summed E-state index contributed by atoms with van der Waals surface area (Å²) in [5.41, 5.74) is 0.914. The van der Waals surface area contributed by atoms with Crippen LogP contribution in [0, 0.1) is 0 Å². The number of rotatable bonds is 4. The van der Waals surface area contributed by atoms with Gasteiger partial charge in [0.05, 0.1) is 19.0 Å². The van der Waals surface area contributed by atoms with Crippen molar-refractivity contribution < 1.29 is 9.53 Å². The number of para-hydroxylation sites is 1. The summed E-state index contributed by atoms with van der Waals surface area (Å²) in [6.07, 6.45) is 1.67. The quantitative estimate of drug-likeness (QED) is 0.775. The van der Waals surface area contributed by atoms with Crippen LogP contribution < -0.4 is 10.1 Å². The van der Waals surface area contributed by atoms with Gasteiger partial charge < -0.3 is 4.74 Å². The minimum Gasteiger partial charge on any atom is -0.493 e. The minimum atomic E-state index is -0.386. The molecule has 0 saturated carbocycles. The summed E-state index contributed by atoms with van der Waals surface area (Å²) in [4.78, 5) is 12.6. The van der Waals surface area contributed by atoms with Crippen LogP contribution in [0.4, 0.5) is 5.13 Å². The third-order valence-corrected chi connectivity index (χ3v) is 4.69. The summed E-state index contributed by atoms with van der Waals surface area (Å²) in [6, 6.07) is 9.51. The Labute approximate surface area is 149 Å². The number of carbonyl (C=O) groups is 1. The molecule has 2 heterocycles. The third kappa shape index (κ3) is 3.69. The van der Waals surface area contributed by atoms with Crippen molar-refractivity contribution in [3.63, 3.8) is 0 Å². The average Bonchev–Trinajstić information content (AvgIpc) is 3.22. The molecule has 3 aromatic rings. The van der Waals surface area contributed by atoms with Crippen LogP contribution in [-0.2, 0) is 5.41 Å². The maximum Gasteiger partial charge on any atom is 0.281 e. The Morgan fingerprint density at radius 3 is 2.52 bits per heavy atom. The lowest BCUT2D eigenvalue weighted by Crippen LogP contribution is -2.14. The lowest BCUT2D eigenvalue weighted by molar-refractivity contribution is 0.101. The first kappa shape index (κ1) is 17.1. The molecule has 0 unspecified atom stereocenters. The monoisotopic (exact) mass is 357 g/mol. The molecule has 0 bridgehead atoms. The molecular weight excluding hydrogens is 338 g/mol. The van der Waals surface area contributed by atoms with Gasteiger partial charge in [-0.15, -0.1) is 10.2 Å². The van der Waals surface area contributed by atoms with Crippen molar-refractivity contribution in [2.75, 3.05) is 12.4 Å². The Hall–Kier alpha value is -2.74. The van der Waals surface area contributed by atoms with Crippen molar-refractivity contribution in [1.82, 2.24) is 20.0 Å². The highest BCUT2D eigenvalue weighted by atomic mass is 32.1. The molecule has 3 rings (SSSR count). The predicted octanol–water partition coefficient (Wildman–Crippen LogP) is 3.28. The number of nitrogens with one attached hydrogen (secondary N) is 1.